The van der Waals surface area contributed by atoms with E-state index in [9.17, 15) is 4.39 Å². The van der Waals surface area contributed by atoms with Crippen LogP contribution in [0, 0.1) is 5.82 Å². The van der Waals surface area contributed by atoms with Crippen LogP contribution in [-0.4, -0.2) is 29.6 Å². The molecule has 1 atom stereocenters. The molecule has 1 saturated heterocycles. The molecule has 106 valence electrons. The fourth-order valence-electron chi connectivity index (χ4n) is 2.67. The quantitative estimate of drug-likeness (QED) is 0.893. The number of rotatable bonds is 2. The zero-order valence-electron chi connectivity index (χ0n) is 11.8. The molecule has 0 aromatic heterocycles. The van der Waals surface area contributed by atoms with Crippen molar-refractivity contribution in [1.29, 1.82) is 0 Å². The van der Waals surface area contributed by atoms with Crippen molar-refractivity contribution in [3.8, 4) is 0 Å². The molecule has 4 heteroatoms. The van der Waals surface area contributed by atoms with Gasteiger partial charge in [-0.1, -0.05) is 15.9 Å². The van der Waals surface area contributed by atoms with Gasteiger partial charge in [-0.25, -0.2) is 4.39 Å². The van der Waals surface area contributed by atoms with Crippen molar-refractivity contribution in [1.82, 2.24) is 10.2 Å². The summed E-state index contributed by atoms with van der Waals surface area (Å²) in [4.78, 5) is 2.43. The van der Waals surface area contributed by atoms with E-state index >= 15 is 0 Å². The lowest BCUT2D eigenvalue weighted by Gasteiger charge is -2.33. The first-order chi connectivity index (χ1) is 8.85. The summed E-state index contributed by atoms with van der Waals surface area (Å²) in [5.41, 5.74) is 1.13. The van der Waals surface area contributed by atoms with E-state index in [0.717, 1.165) is 36.1 Å². The maximum absolute atomic E-state index is 13.5. The molecule has 1 N–H and O–H groups in total. The van der Waals surface area contributed by atoms with Crippen LogP contribution in [0.15, 0.2) is 22.7 Å². The average molecular weight is 329 g/mol. The van der Waals surface area contributed by atoms with Crippen LogP contribution < -0.4 is 5.32 Å². The summed E-state index contributed by atoms with van der Waals surface area (Å²) in [7, 11) is 0. The largest absolute Gasteiger partial charge is 0.310 e. The first-order valence-electron chi connectivity index (χ1n) is 6.80. The van der Waals surface area contributed by atoms with Gasteiger partial charge in [0.1, 0.15) is 5.82 Å². The fraction of sp³-hybridized carbons (Fsp3) is 0.600. The molecule has 1 unspecified atom stereocenters. The summed E-state index contributed by atoms with van der Waals surface area (Å²) in [5.74, 6) is -0.177. The Morgan fingerprint density at radius 3 is 2.84 bits per heavy atom. The van der Waals surface area contributed by atoms with Crippen molar-refractivity contribution in [2.24, 2.45) is 0 Å². The van der Waals surface area contributed by atoms with Gasteiger partial charge in [0.15, 0.2) is 0 Å². The highest BCUT2D eigenvalue weighted by molar-refractivity contribution is 9.10. The normalized spacial score (nSPS) is 24.2. The van der Waals surface area contributed by atoms with Crippen molar-refractivity contribution < 1.29 is 4.39 Å². The number of hydrogen-bond donors (Lipinski definition) is 1. The summed E-state index contributed by atoms with van der Waals surface area (Å²) in [5, 5.41) is 3.56. The SMILES string of the molecule is CC1CCNC(C)(C)CN1Cc1cc(F)cc(Br)c1. The average Bonchev–Trinajstić information content (AvgIpc) is 2.36. The van der Waals surface area contributed by atoms with E-state index in [1.165, 1.54) is 6.07 Å². The lowest BCUT2D eigenvalue weighted by molar-refractivity contribution is 0.173. The molecule has 1 aliphatic rings. The minimum Gasteiger partial charge on any atom is -0.310 e. The summed E-state index contributed by atoms with van der Waals surface area (Å²) < 4.78 is 14.3. The molecule has 1 fully saturated rings. The Hall–Kier alpha value is -0.450. The molecular weight excluding hydrogens is 307 g/mol. The van der Waals surface area contributed by atoms with Crippen molar-refractivity contribution in [3.05, 3.63) is 34.1 Å². The zero-order chi connectivity index (χ0) is 14.0. The first-order valence-corrected chi connectivity index (χ1v) is 7.59. The highest BCUT2D eigenvalue weighted by Crippen LogP contribution is 2.21. The van der Waals surface area contributed by atoms with Gasteiger partial charge >= 0.3 is 0 Å². The van der Waals surface area contributed by atoms with E-state index in [-0.39, 0.29) is 11.4 Å². The van der Waals surface area contributed by atoms with Gasteiger partial charge in [-0.2, -0.15) is 0 Å². The molecule has 19 heavy (non-hydrogen) atoms. The number of hydrogen-bond acceptors (Lipinski definition) is 2. The van der Waals surface area contributed by atoms with E-state index in [1.54, 1.807) is 6.07 Å². The van der Waals surface area contributed by atoms with Crippen molar-refractivity contribution in [2.45, 2.75) is 45.3 Å². The Balaban J connectivity index is 2.15. The maximum atomic E-state index is 13.5. The Morgan fingerprint density at radius 1 is 1.42 bits per heavy atom. The molecule has 0 spiro atoms. The number of halogens is 2. The van der Waals surface area contributed by atoms with Gasteiger partial charge in [-0.15, -0.1) is 0 Å². The standard InChI is InChI=1S/C15H22BrFN2/c1-11-4-5-18-15(2,3)10-19(11)9-12-6-13(16)8-14(17)7-12/h6-8,11,18H,4-5,9-10H2,1-3H3. The van der Waals surface area contributed by atoms with Crippen LogP contribution in [0.2, 0.25) is 0 Å². The van der Waals surface area contributed by atoms with Gasteiger partial charge < -0.3 is 5.32 Å². The Bertz CT molecular complexity index is 428. The van der Waals surface area contributed by atoms with E-state index < -0.39 is 0 Å². The molecular formula is C15H22BrFN2. The smallest absolute Gasteiger partial charge is 0.124 e. The molecule has 1 aromatic carbocycles. The third-order valence-corrected chi connectivity index (χ3v) is 4.15. The summed E-state index contributed by atoms with van der Waals surface area (Å²) in [6.45, 7) is 9.50. The summed E-state index contributed by atoms with van der Waals surface area (Å²) >= 11 is 3.36. The second-order valence-corrected chi connectivity index (χ2v) is 7.05. The Kier molecular flexibility index (Phi) is 4.64. The van der Waals surface area contributed by atoms with E-state index in [0.29, 0.717) is 6.04 Å². The van der Waals surface area contributed by atoms with Crippen molar-refractivity contribution >= 4 is 15.9 Å². The minimum absolute atomic E-state index is 0.106. The third-order valence-electron chi connectivity index (χ3n) is 3.70. The van der Waals surface area contributed by atoms with Gasteiger partial charge in [0, 0.05) is 29.1 Å². The number of nitrogens with one attached hydrogen (secondary N) is 1. The Labute approximate surface area is 123 Å². The van der Waals surface area contributed by atoms with Crippen LogP contribution in [0.4, 0.5) is 4.39 Å². The lowest BCUT2D eigenvalue weighted by Crippen LogP contribution is -2.47. The second kappa shape index (κ2) is 5.90. The van der Waals surface area contributed by atoms with E-state index in [1.807, 2.05) is 6.07 Å². The highest BCUT2D eigenvalue weighted by atomic mass is 79.9. The topological polar surface area (TPSA) is 15.3 Å². The van der Waals surface area contributed by atoms with Crippen molar-refractivity contribution in [3.63, 3.8) is 0 Å². The van der Waals surface area contributed by atoms with Crippen LogP contribution in [0.5, 0.6) is 0 Å². The van der Waals surface area contributed by atoms with Gasteiger partial charge in [0.2, 0.25) is 0 Å². The van der Waals surface area contributed by atoms with Crippen LogP contribution in [-0.2, 0) is 6.54 Å². The summed E-state index contributed by atoms with van der Waals surface area (Å²) in [6.07, 6.45) is 1.12. The van der Waals surface area contributed by atoms with Gasteiger partial charge in [-0.05, 0) is 57.5 Å². The molecule has 0 aliphatic carbocycles. The van der Waals surface area contributed by atoms with Gasteiger partial charge in [0.25, 0.3) is 0 Å². The predicted octanol–water partition coefficient (Wildman–Crippen LogP) is 3.55. The Morgan fingerprint density at radius 2 is 2.16 bits per heavy atom. The lowest BCUT2D eigenvalue weighted by atomic mass is 10.0. The van der Waals surface area contributed by atoms with E-state index in [2.05, 4.69) is 46.9 Å². The number of nitrogens with zero attached hydrogens (tertiary/aromatic N) is 1. The van der Waals surface area contributed by atoms with Gasteiger partial charge in [-0.3, -0.25) is 4.90 Å². The third kappa shape index (κ3) is 4.26. The molecule has 1 aromatic rings. The van der Waals surface area contributed by atoms with Crippen molar-refractivity contribution in [2.75, 3.05) is 13.1 Å². The van der Waals surface area contributed by atoms with Crippen LogP contribution in [0.25, 0.3) is 0 Å². The van der Waals surface area contributed by atoms with Crippen LogP contribution in [0.3, 0.4) is 0 Å². The van der Waals surface area contributed by atoms with Crippen LogP contribution >= 0.6 is 15.9 Å². The number of benzene rings is 1. The van der Waals surface area contributed by atoms with E-state index in [4.69, 9.17) is 0 Å². The molecule has 1 aliphatic heterocycles. The zero-order valence-corrected chi connectivity index (χ0v) is 13.4. The fourth-order valence-corrected chi connectivity index (χ4v) is 3.18. The first kappa shape index (κ1) is 14.9. The van der Waals surface area contributed by atoms with Crippen LogP contribution in [0.1, 0.15) is 32.8 Å². The molecule has 2 nitrogen and oxygen atoms in total. The minimum atomic E-state index is -0.177. The molecule has 0 bridgehead atoms. The molecule has 0 saturated carbocycles. The monoisotopic (exact) mass is 328 g/mol. The molecule has 1 heterocycles. The van der Waals surface area contributed by atoms with Gasteiger partial charge in [0.05, 0.1) is 0 Å². The predicted molar refractivity (Wildman–Crippen MR) is 80.7 cm³/mol. The molecule has 0 radical (unpaired) electrons. The summed E-state index contributed by atoms with van der Waals surface area (Å²) in [6, 6.07) is 5.64. The second-order valence-electron chi connectivity index (χ2n) is 6.13. The maximum Gasteiger partial charge on any atom is 0.124 e. The highest BCUT2D eigenvalue weighted by Gasteiger charge is 2.27. The molecule has 0 amide bonds. The molecule has 2 rings (SSSR count).